The molecule has 1 aliphatic heterocycles. The molecule has 0 aromatic heterocycles. The van der Waals surface area contributed by atoms with E-state index >= 15 is 0 Å². The van der Waals surface area contributed by atoms with Crippen molar-refractivity contribution < 1.29 is 4.79 Å². The van der Waals surface area contributed by atoms with E-state index in [9.17, 15) is 4.79 Å². The highest BCUT2D eigenvalue weighted by Crippen LogP contribution is 2.28. The molecule has 1 aliphatic carbocycles. The van der Waals surface area contributed by atoms with Gasteiger partial charge in [0.1, 0.15) is 0 Å². The van der Waals surface area contributed by atoms with Gasteiger partial charge in [0.05, 0.1) is 0 Å². The quantitative estimate of drug-likeness (QED) is 0.731. The molecule has 0 aromatic carbocycles. The van der Waals surface area contributed by atoms with Crippen LogP contribution in [0.4, 0.5) is 0 Å². The van der Waals surface area contributed by atoms with E-state index in [2.05, 4.69) is 0 Å². The van der Waals surface area contributed by atoms with Crippen LogP contribution in [0.5, 0.6) is 0 Å². The molecule has 1 atom stereocenters. The second kappa shape index (κ2) is 4.30. The Labute approximate surface area is 85.6 Å². The van der Waals surface area contributed by atoms with E-state index in [0.29, 0.717) is 18.2 Å². The highest BCUT2D eigenvalue weighted by molar-refractivity contribution is 5.76. The van der Waals surface area contributed by atoms with Crippen LogP contribution >= 0.6 is 0 Å². The first-order chi connectivity index (χ1) is 6.79. The predicted molar refractivity (Wildman–Crippen MR) is 55.7 cm³/mol. The zero-order valence-corrected chi connectivity index (χ0v) is 8.74. The molecule has 1 heterocycles. The average molecular weight is 196 g/mol. The average Bonchev–Trinajstić information content (AvgIpc) is 2.14. The molecule has 3 nitrogen and oxygen atoms in total. The van der Waals surface area contributed by atoms with Crippen molar-refractivity contribution in [2.24, 2.45) is 17.6 Å². The molecule has 0 spiro atoms. The summed E-state index contributed by atoms with van der Waals surface area (Å²) in [4.78, 5) is 13.7. The fourth-order valence-electron chi connectivity index (χ4n) is 2.35. The predicted octanol–water partition coefficient (Wildman–Crippen LogP) is 0.984. The molecular weight excluding hydrogens is 176 g/mol. The van der Waals surface area contributed by atoms with Crippen LogP contribution in [0.25, 0.3) is 0 Å². The van der Waals surface area contributed by atoms with Crippen LogP contribution in [-0.2, 0) is 4.79 Å². The molecule has 2 rings (SSSR count). The lowest BCUT2D eigenvalue weighted by molar-refractivity contribution is -0.135. The third-order valence-electron chi connectivity index (χ3n) is 3.63. The monoisotopic (exact) mass is 196 g/mol. The zero-order chi connectivity index (χ0) is 9.97. The van der Waals surface area contributed by atoms with Crippen molar-refractivity contribution >= 4 is 5.91 Å². The van der Waals surface area contributed by atoms with E-state index in [-0.39, 0.29) is 0 Å². The first-order valence-electron chi connectivity index (χ1n) is 5.77. The number of hydrogen-bond donors (Lipinski definition) is 1. The molecule has 0 radical (unpaired) electrons. The van der Waals surface area contributed by atoms with Gasteiger partial charge in [-0.15, -0.1) is 0 Å². The van der Waals surface area contributed by atoms with Crippen LogP contribution in [0.15, 0.2) is 0 Å². The Balaban J connectivity index is 1.83. The van der Waals surface area contributed by atoms with E-state index < -0.39 is 0 Å². The minimum atomic E-state index is 0.349. The molecule has 2 fully saturated rings. The zero-order valence-electron chi connectivity index (χ0n) is 8.74. The molecule has 2 N–H and O–H groups in total. The van der Waals surface area contributed by atoms with Gasteiger partial charge in [0, 0.05) is 19.5 Å². The van der Waals surface area contributed by atoms with Crippen molar-refractivity contribution in [1.82, 2.24) is 4.90 Å². The number of likely N-dealkylation sites (tertiary alicyclic amines) is 1. The van der Waals surface area contributed by atoms with Gasteiger partial charge >= 0.3 is 0 Å². The normalized spacial score (nSPS) is 29.1. The summed E-state index contributed by atoms with van der Waals surface area (Å²) in [6.45, 7) is 2.63. The Hall–Kier alpha value is -0.570. The topological polar surface area (TPSA) is 46.3 Å². The Morgan fingerprint density at radius 1 is 1.29 bits per heavy atom. The Morgan fingerprint density at radius 2 is 2.07 bits per heavy atom. The summed E-state index contributed by atoms with van der Waals surface area (Å²) in [5.41, 5.74) is 5.65. The van der Waals surface area contributed by atoms with Crippen LogP contribution in [0.1, 0.15) is 32.1 Å². The Morgan fingerprint density at radius 3 is 2.64 bits per heavy atom. The largest absolute Gasteiger partial charge is 0.342 e. The number of piperidine rings is 1. The number of nitrogens with zero attached hydrogens (tertiary/aromatic N) is 1. The first kappa shape index (κ1) is 9.97. The van der Waals surface area contributed by atoms with E-state index in [0.717, 1.165) is 32.0 Å². The maximum absolute atomic E-state index is 11.6. The number of hydrogen-bond acceptors (Lipinski definition) is 2. The molecule has 0 aromatic rings. The second-order valence-electron chi connectivity index (χ2n) is 4.74. The summed E-state index contributed by atoms with van der Waals surface area (Å²) < 4.78 is 0. The number of carbonyl (C=O) groups excluding carboxylic acids is 1. The fourth-order valence-corrected chi connectivity index (χ4v) is 2.35. The van der Waals surface area contributed by atoms with Gasteiger partial charge in [0.15, 0.2) is 0 Å². The van der Waals surface area contributed by atoms with Crippen molar-refractivity contribution in [2.45, 2.75) is 32.1 Å². The highest BCUT2D eigenvalue weighted by Gasteiger charge is 2.28. The lowest BCUT2D eigenvalue weighted by Gasteiger charge is -2.37. The lowest BCUT2D eigenvalue weighted by Crippen LogP contribution is -2.45. The van der Waals surface area contributed by atoms with Crippen LogP contribution in [0.2, 0.25) is 0 Å². The molecule has 14 heavy (non-hydrogen) atoms. The lowest BCUT2D eigenvalue weighted by atomic mass is 9.84. The summed E-state index contributed by atoms with van der Waals surface area (Å²) in [6.07, 6.45) is 5.70. The van der Waals surface area contributed by atoms with Gasteiger partial charge in [-0.25, -0.2) is 0 Å². The van der Waals surface area contributed by atoms with Crippen molar-refractivity contribution in [1.29, 1.82) is 0 Å². The van der Waals surface area contributed by atoms with Gasteiger partial charge < -0.3 is 10.6 Å². The minimum absolute atomic E-state index is 0.349. The molecule has 80 valence electrons. The van der Waals surface area contributed by atoms with Crippen molar-refractivity contribution in [3.63, 3.8) is 0 Å². The van der Waals surface area contributed by atoms with Gasteiger partial charge in [0.25, 0.3) is 0 Å². The summed E-state index contributed by atoms with van der Waals surface area (Å²) >= 11 is 0. The minimum Gasteiger partial charge on any atom is -0.342 e. The van der Waals surface area contributed by atoms with E-state index in [1.54, 1.807) is 0 Å². The maximum atomic E-state index is 11.6. The highest BCUT2D eigenvalue weighted by atomic mass is 16.2. The molecule has 1 amide bonds. The number of nitrogens with two attached hydrogens (primary N) is 1. The molecule has 0 bridgehead atoms. The second-order valence-corrected chi connectivity index (χ2v) is 4.74. The van der Waals surface area contributed by atoms with E-state index in [1.165, 1.54) is 19.3 Å². The summed E-state index contributed by atoms with van der Waals surface area (Å²) in [6, 6.07) is 0. The van der Waals surface area contributed by atoms with Gasteiger partial charge in [-0.3, -0.25) is 4.79 Å². The fraction of sp³-hybridized carbons (Fsp3) is 0.909. The van der Waals surface area contributed by atoms with Crippen LogP contribution in [-0.4, -0.2) is 30.4 Å². The molecule has 3 heteroatoms. The van der Waals surface area contributed by atoms with E-state index in [1.807, 2.05) is 4.90 Å². The van der Waals surface area contributed by atoms with Gasteiger partial charge in [-0.1, -0.05) is 6.42 Å². The number of carbonyl (C=O) groups is 1. The van der Waals surface area contributed by atoms with Crippen molar-refractivity contribution in [2.75, 3.05) is 19.6 Å². The summed E-state index contributed by atoms with van der Waals surface area (Å²) in [5, 5.41) is 0. The van der Waals surface area contributed by atoms with Crippen molar-refractivity contribution in [3.05, 3.63) is 0 Å². The Bertz CT molecular complexity index is 211. The van der Waals surface area contributed by atoms with E-state index in [4.69, 9.17) is 5.73 Å². The summed E-state index contributed by atoms with van der Waals surface area (Å²) in [7, 11) is 0. The van der Waals surface area contributed by atoms with Crippen molar-refractivity contribution in [3.8, 4) is 0 Å². The number of rotatable bonds is 3. The summed E-state index contributed by atoms with van der Waals surface area (Å²) in [5.74, 6) is 1.69. The maximum Gasteiger partial charge on any atom is 0.222 e. The molecule has 1 saturated carbocycles. The molecule has 2 aliphatic rings. The Kier molecular flexibility index (Phi) is 3.06. The SMILES string of the molecule is NCC1CCC(=O)N(CC2CCC2)C1. The smallest absolute Gasteiger partial charge is 0.222 e. The molecular formula is C11H20N2O. The van der Waals surface area contributed by atoms with Gasteiger partial charge in [0.2, 0.25) is 5.91 Å². The van der Waals surface area contributed by atoms with Crippen LogP contribution < -0.4 is 5.73 Å². The van der Waals surface area contributed by atoms with Crippen LogP contribution in [0.3, 0.4) is 0 Å². The molecule has 1 saturated heterocycles. The van der Waals surface area contributed by atoms with Gasteiger partial charge in [-0.2, -0.15) is 0 Å². The standard InChI is InChI=1S/C11H20N2O/c12-6-10-4-5-11(14)13(8-10)7-9-2-1-3-9/h9-10H,1-8,12H2. The van der Waals surface area contributed by atoms with Crippen LogP contribution in [0, 0.1) is 11.8 Å². The number of amides is 1. The van der Waals surface area contributed by atoms with Gasteiger partial charge in [-0.05, 0) is 37.6 Å². The molecule has 1 unspecified atom stereocenters. The third kappa shape index (κ3) is 2.08. The first-order valence-corrected chi connectivity index (χ1v) is 5.77. The third-order valence-corrected chi connectivity index (χ3v) is 3.63.